The molecule has 8 heteroatoms. The van der Waals surface area contributed by atoms with Crippen molar-refractivity contribution in [3.63, 3.8) is 0 Å². The Morgan fingerprint density at radius 2 is 1.48 bits per heavy atom. The van der Waals surface area contributed by atoms with E-state index in [0.29, 0.717) is 27.1 Å². The number of thioether (sulfide) groups is 2. The lowest BCUT2D eigenvalue weighted by Gasteiger charge is -2.17. The van der Waals surface area contributed by atoms with Crippen LogP contribution in [0.5, 0.6) is 28.1 Å². The monoisotopic (exact) mass is 428 g/mol. The Bertz CT molecular complexity index is 780. The molecule has 0 aliphatic carbocycles. The molecule has 0 N–H and O–H groups in total. The Kier molecular flexibility index (Phi) is 6.60. The van der Waals surface area contributed by atoms with Gasteiger partial charge in [0.05, 0.1) is 45.0 Å². The first-order valence-electron chi connectivity index (χ1n) is 8.36. The van der Waals surface area contributed by atoms with Crippen molar-refractivity contribution in [2.75, 3.05) is 41.3 Å². The van der Waals surface area contributed by atoms with Gasteiger partial charge in [-0.05, 0) is 24.6 Å². The lowest BCUT2D eigenvalue weighted by molar-refractivity contribution is 0.324. The second kappa shape index (κ2) is 8.75. The van der Waals surface area contributed by atoms with Crippen molar-refractivity contribution in [1.82, 2.24) is 0 Å². The molecule has 1 aromatic carbocycles. The fraction of sp³-hybridized carbons (Fsp3) is 0.474. The Morgan fingerprint density at radius 1 is 0.852 bits per heavy atom. The topological polar surface area (TPSA) is 46.2 Å². The van der Waals surface area contributed by atoms with Crippen molar-refractivity contribution < 1.29 is 23.7 Å². The lowest BCUT2D eigenvalue weighted by atomic mass is 10.1. The van der Waals surface area contributed by atoms with E-state index in [4.69, 9.17) is 23.7 Å². The van der Waals surface area contributed by atoms with Gasteiger partial charge in [0.25, 0.3) is 0 Å². The molecule has 0 bridgehead atoms. The first kappa shape index (κ1) is 20.4. The van der Waals surface area contributed by atoms with Crippen LogP contribution in [0.4, 0.5) is 0 Å². The van der Waals surface area contributed by atoms with Crippen molar-refractivity contribution >= 4 is 34.9 Å². The summed E-state index contributed by atoms with van der Waals surface area (Å²) in [7, 11) is 8.33. The van der Waals surface area contributed by atoms with Gasteiger partial charge in [0.2, 0.25) is 5.75 Å². The molecule has 0 amide bonds. The number of methoxy groups -OCH3 is 5. The lowest BCUT2D eigenvalue weighted by Crippen LogP contribution is -1.99. The van der Waals surface area contributed by atoms with Crippen LogP contribution < -0.4 is 23.7 Å². The average Bonchev–Trinajstić information content (AvgIpc) is 3.30. The number of rotatable bonds is 7. The molecule has 148 valence electrons. The maximum Gasteiger partial charge on any atom is 0.203 e. The van der Waals surface area contributed by atoms with E-state index in [2.05, 4.69) is 0 Å². The molecule has 1 fully saturated rings. The Labute approximate surface area is 172 Å². The molecule has 2 atom stereocenters. The van der Waals surface area contributed by atoms with Gasteiger partial charge in [-0.2, -0.15) is 0 Å². The summed E-state index contributed by atoms with van der Waals surface area (Å²) >= 11 is 5.51. The van der Waals surface area contributed by atoms with E-state index in [1.54, 1.807) is 46.9 Å². The van der Waals surface area contributed by atoms with E-state index in [-0.39, 0.29) is 0 Å². The van der Waals surface area contributed by atoms with Gasteiger partial charge < -0.3 is 23.7 Å². The minimum absolute atomic E-state index is 0.302. The van der Waals surface area contributed by atoms with Gasteiger partial charge in [-0.25, -0.2) is 0 Å². The molecule has 2 unspecified atom stereocenters. The third-order valence-corrected chi connectivity index (χ3v) is 9.29. The van der Waals surface area contributed by atoms with Gasteiger partial charge in [-0.3, -0.25) is 0 Å². The highest BCUT2D eigenvalue weighted by atomic mass is 32.2. The van der Waals surface area contributed by atoms with Crippen LogP contribution in [0.15, 0.2) is 12.1 Å². The molecule has 0 radical (unpaired) electrons. The predicted octanol–water partition coefficient (Wildman–Crippen LogP) is 5.32. The number of hydrogen-bond donors (Lipinski definition) is 0. The van der Waals surface area contributed by atoms with Gasteiger partial charge in [0.1, 0.15) is 5.75 Å². The number of hydrogen-bond acceptors (Lipinski definition) is 8. The number of benzene rings is 1. The Morgan fingerprint density at radius 3 is 2.00 bits per heavy atom. The molecule has 2 aromatic rings. The van der Waals surface area contributed by atoms with E-state index in [0.717, 1.165) is 22.1 Å². The summed E-state index contributed by atoms with van der Waals surface area (Å²) < 4.78 is 27.9. The highest BCUT2D eigenvalue weighted by Crippen LogP contribution is 2.61. The minimum atomic E-state index is 0.302. The quantitative estimate of drug-likeness (QED) is 0.591. The summed E-state index contributed by atoms with van der Waals surface area (Å²) in [6, 6.07) is 4.08. The van der Waals surface area contributed by atoms with Crippen molar-refractivity contribution in [1.29, 1.82) is 0 Å². The van der Waals surface area contributed by atoms with Crippen molar-refractivity contribution in [3.8, 4) is 28.1 Å². The normalized spacial score (nSPS) is 19.0. The maximum atomic E-state index is 5.66. The third kappa shape index (κ3) is 3.79. The molecule has 2 heterocycles. The molecule has 3 rings (SSSR count). The van der Waals surface area contributed by atoms with Crippen LogP contribution in [0.1, 0.15) is 25.8 Å². The molecule has 1 aromatic heterocycles. The van der Waals surface area contributed by atoms with Crippen LogP contribution in [0, 0.1) is 6.92 Å². The summed E-state index contributed by atoms with van der Waals surface area (Å²) in [4.78, 5) is 1.22. The fourth-order valence-corrected chi connectivity index (χ4v) is 7.84. The smallest absolute Gasteiger partial charge is 0.203 e. The van der Waals surface area contributed by atoms with Crippen molar-refractivity contribution in [2.45, 2.75) is 16.8 Å². The Balaban J connectivity index is 1.89. The minimum Gasteiger partial charge on any atom is -0.495 e. The van der Waals surface area contributed by atoms with Gasteiger partial charge in [-0.15, -0.1) is 23.5 Å². The van der Waals surface area contributed by atoms with Gasteiger partial charge in [-0.1, -0.05) is 11.3 Å². The summed E-state index contributed by atoms with van der Waals surface area (Å²) in [5, 5.41) is 1.24. The molecule has 5 nitrogen and oxygen atoms in total. The molecule has 0 spiro atoms. The van der Waals surface area contributed by atoms with Crippen molar-refractivity contribution in [2.24, 2.45) is 0 Å². The van der Waals surface area contributed by atoms with Crippen LogP contribution in [0.25, 0.3) is 0 Å². The number of ether oxygens (including phenoxy) is 5. The highest BCUT2D eigenvalue weighted by molar-refractivity contribution is 8.19. The molecule has 1 saturated heterocycles. The van der Waals surface area contributed by atoms with Gasteiger partial charge >= 0.3 is 0 Å². The van der Waals surface area contributed by atoms with E-state index in [1.807, 2.05) is 42.6 Å². The summed E-state index contributed by atoms with van der Waals surface area (Å²) in [6.07, 6.45) is 0. The summed E-state index contributed by atoms with van der Waals surface area (Å²) in [6.45, 7) is 2.04. The third-order valence-electron chi connectivity index (χ3n) is 4.42. The Hall–Kier alpha value is -1.38. The molecule has 0 saturated carbocycles. The second-order valence-electron chi connectivity index (χ2n) is 5.86. The standard InChI is InChI=1S/C19H24O5S3/c1-10-15(22-4)17(27-18(10)24-6)19-25-9-14(26-19)11-7-12(20-2)16(23-5)13(8-11)21-3/h7-8,14,19H,9H2,1-6H3. The SMILES string of the molecule is COc1cc(C2CSC(c3sc(OC)c(C)c3OC)S2)cc(OC)c1OC. The molecule has 1 aliphatic rings. The zero-order valence-corrected chi connectivity index (χ0v) is 18.7. The van der Waals surface area contributed by atoms with Crippen LogP contribution in [-0.4, -0.2) is 41.3 Å². The second-order valence-corrected chi connectivity index (χ2v) is 9.63. The van der Waals surface area contributed by atoms with Gasteiger partial charge in [0, 0.05) is 16.6 Å². The van der Waals surface area contributed by atoms with Crippen molar-refractivity contribution in [3.05, 3.63) is 28.1 Å². The number of thiophene rings is 1. The van der Waals surface area contributed by atoms with E-state index in [9.17, 15) is 0 Å². The van der Waals surface area contributed by atoms with Crippen LogP contribution in [-0.2, 0) is 0 Å². The fourth-order valence-electron chi connectivity index (χ4n) is 3.11. The first-order valence-corrected chi connectivity index (χ1v) is 11.2. The summed E-state index contributed by atoms with van der Waals surface area (Å²) in [5.41, 5.74) is 2.24. The maximum absolute atomic E-state index is 5.66. The van der Waals surface area contributed by atoms with Crippen LogP contribution in [0.3, 0.4) is 0 Å². The molecular formula is C19H24O5S3. The van der Waals surface area contributed by atoms with E-state index < -0.39 is 0 Å². The van der Waals surface area contributed by atoms with E-state index >= 15 is 0 Å². The zero-order chi connectivity index (χ0) is 19.6. The van der Waals surface area contributed by atoms with Crippen LogP contribution >= 0.6 is 34.9 Å². The zero-order valence-electron chi connectivity index (χ0n) is 16.3. The van der Waals surface area contributed by atoms with Crippen LogP contribution in [0.2, 0.25) is 0 Å². The highest BCUT2D eigenvalue weighted by Gasteiger charge is 2.34. The average molecular weight is 429 g/mol. The predicted molar refractivity (Wildman–Crippen MR) is 114 cm³/mol. The first-order chi connectivity index (χ1) is 13.1. The van der Waals surface area contributed by atoms with E-state index in [1.165, 1.54) is 10.4 Å². The largest absolute Gasteiger partial charge is 0.495 e. The molecular weight excluding hydrogens is 404 g/mol. The molecule has 1 aliphatic heterocycles. The van der Waals surface area contributed by atoms with Gasteiger partial charge in [0.15, 0.2) is 16.6 Å². The summed E-state index contributed by atoms with van der Waals surface area (Å²) in [5.74, 6) is 3.93. The molecule has 27 heavy (non-hydrogen) atoms.